The van der Waals surface area contributed by atoms with Crippen molar-refractivity contribution in [2.75, 3.05) is 18.5 Å². The Bertz CT molecular complexity index is 1100. The number of amides is 1. The van der Waals surface area contributed by atoms with E-state index in [4.69, 9.17) is 4.74 Å². The van der Waals surface area contributed by atoms with E-state index in [1.165, 1.54) is 5.56 Å². The first-order valence-corrected chi connectivity index (χ1v) is 10.8. The maximum absolute atomic E-state index is 12.8. The number of aliphatic imine (C=N–C) groups is 1. The monoisotopic (exact) mass is 433 g/mol. The molecule has 0 atom stereocenters. The number of aryl methyl sites for hydroxylation is 3. The van der Waals surface area contributed by atoms with E-state index in [-0.39, 0.29) is 5.91 Å². The van der Waals surface area contributed by atoms with E-state index >= 15 is 0 Å². The van der Waals surface area contributed by atoms with Crippen LogP contribution in [0.2, 0.25) is 0 Å². The molecule has 2 N–H and O–H groups in total. The van der Waals surface area contributed by atoms with Gasteiger partial charge in [-0.1, -0.05) is 17.7 Å². The van der Waals surface area contributed by atoms with Gasteiger partial charge < -0.3 is 10.1 Å². The Balaban J connectivity index is 1.77. The molecule has 3 rings (SSSR count). The van der Waals surface area contributed by atoms with Crippen molar-refractivity contribution in [3.63, 3.8) is 0 Å². The van der Waals surface area contributed by atoms with Crippen LogP contribution in [-0.2, 0) is 13.5 Å². The third kappa shape index (κ3) is 5.97. The van der Waals surface area contributed by atoms with Gasteiger partial charge in [-0.25, -0.2) is 0 Å². The summed E-state index contributed by atoms with van der Waals surface area (Å²) in [5, 5.41) is 10.6. The SMILES string of the molecule is CCOc1ccc(NC(=NCCc2c(C)nn(C)c2C)NC(=O)c2cccc(C)c2)cc1. The molecule has 2 aromatic carbocycles. The molecule has 168 valence electrons. The summed E-state index contributed by atoms with van der Waals surface area (Å²) in [7, 11) is 1.94. The van der Waals surface area contributed by atoms with Crippen LogP contribution in [0, 0.1) is 20.8 Å². The number of ether oxygens (including phenoxy) is 1. The minimum absolute atomic E-state index is 0.209. The zero-order chi connectivity index (χ0) is 23.1. The topological polar surface area (TPSA) is 80.5 Å². The van der Waals surface area contributed by atoms with Crippen molar-refractivity contribution in [2.45, 2.75) is 34.1 Å². The fraction of sp³-hybridized carbons (Fsp3) is 0.320. The van der Waals surface area contributed by atoms with E-state index < -0.39 is 0 Å². The van der Waals surface area contributed by atoms with Crippen LogP contribution >= 0.6 is 0 Å². The van der Waals surface area contributed by atoms with Crippen molar-refractivity contribution < 1.29 is 9.53 Å². The Labute approximate surface area is 189 Å². The highest BCUT2D eigenvalue weighted by molar-refractivity contribution is 6.10. The molecule has 0 fully saturated rings. The molecule has 0 aliphatic rings. The van der Waals surface area contributed by atoms with Crippen molar-refractivity contribution in [3.8, 4) is 5.75 Å². The van der Waals surface area contributed by atoms with Crippen LogP contribution in [-0.4, -0.2) is 34.8 Å². The second kappa shape index (κ2) is 10.6. The summed E-state index contributed by atoms with van der Waals surface area (Å²) in [4.78, 5) is 17.5. The van der Waals surface area contributed by atoms with E-state index in [1.807, 2.05) is 75.0 Å². The number of rotatable bonds is 7. The summed E-state index contributed by atoms with van der Waals surface area (Å²) in [6, 6.07) is 15.0. The largest absolute Gasteiger partial charge is 0.494 e. The number of aromatic nitrogens is 2. The number of nitrogens with one attached hydrogen (secondary N) is 2. The molecule has 3 aromatic rings. The third-order valence-electron chi connectivity index (χ3n) is 5.23. The van der Waals surface area contributed by atoms with Gasteiger partial charge in [-0.3, -0.25) is 19.8 Å². The minimum atomic E-state index is -0.209. The predicted molar refractivity (Wildman–Crippen MR) is 129 cm³/mol. The van der Waals surface area contributed by atoms with Crippen LogP contribution in [0.5, 0.6) is 5.75 Å². The smallest absolute Gasteiger partial charge is 0.257 e. The Morgan fingerprint density at radius 3 is 2.50 bits per heavy atom. The third-order valence-corrected chi connectivity index (χ3v) is 5.23. The van der Waals surface area contributed by atoms with E-state index in [9.17, 15) is 4.79 Å². The van der Waals surface area contributed by atoms with Gasteiger partial charge in [0, 0.05) is 30.5 Å². The molecule has 7 nitrogen and oxygen atoms in total. The molecule has 0 spiro atoms. The number of anilines is 1. The highest BCUT2D eigenvalue weighted by Gasteiger charge is 2.12. The Hall–Kier alpha value is -3.61. The summed E-state index contributed by atoms with van der Waals surface area (Å²) in [5.74, 6) is 0.988. The molecule has 0 aliphatic carbocycles. The van der Waals surface area contributed by atoms with Gasteiger partial charge in [0.1, 0.15) is 5.75 Å². The first-order valence-electron chi connectivity index (χ1n) is 10.8. The Kier molecular flexibility index (Phi) is 7.65. The summed E-state index contributed by atoms with van der Waals surface area (Å²) in [6.45, 7) is 9.09. The van der Waals surface area contributed by atoms with Gasteiger partial charge in [0.15, 0.2) is 0 Å². The van der Waals surface area contributed by atoms with Gasteiger partial charge in [-0.2, -0.15) is 5.10 Å². The van der Waals surface area contributed by atoms with Gasteiger partial charge in [-0.05, 0) is 76.1 Å². The highest BCUT2D eigenvalue weighted by atomic mass is 16.5. The Morgan fingerprint density at radius 1 is 1.12 bits per heavy atom. The molecule has 32 heavy (non-hydrogen) atoms. The molecule has 0 saturated heterocycles. The van der Waals surface area contributed by atoms with Crippen LogP contribution in [0.15, 0.2) is 53.5 Å². The van der Waals surface area contributed by atoms with Gasteiger partial charge >= 0.3 is 0 Å². The second-order valence-electron chi connectivity index (χ2n) is 7.66. The lowest BCUT2D eigenvalue weighted by Crippen LogP contribution is -2.36. The molecular formula is C25H31N5O2. The van der Waals surface area contributed by atoms with Crippen LogP contribution in [0.3, 0.4) is 0 Å². The molecule has 1 amide bonds. The van der Waals surface area contributed by atoms with E-state index in [2.05, 4.69) is 27.6 Å². The summed E-state index contributed by atoms with van der Waals surface area (Å²) >= 11 is 0. The van der Waals surface area contributed by atoms with Crippen molar-refractivity contribution >= 4 is 17.6 Å². The van der Waals surface area contributed by atoms with Crippen LogP contribution < -0.4 is 15.4 Å². The fourth-order valence-electron chi connectivity index (χ4n) is 3.47. The molecule has 7 heteroatoms. The van der Waals surface area contributed by atoms with E-state index in [0.717, 1.165) is 34.8 Å². The van der Waals surface area contributed by atoms with Crippen molar-refractivity contribution in [2.24, 2.45) is 12.0 Å². The highest BCUT2D eigenvalue weighted by Crippen LogP contribution is 2.16. The average molecular weight is 434 g/mol. The van der Waals surface area contributed by atoms with Gasteiger partial charge in [0.25, 0.3) is 5.91 Å². The van der Waals surface area contributed by atoms with E-state index in [1.54, 1.807) is 6.07 Å². The number of carbonyl (C=O) groups excluding carboxylic acids is 1. The quantitative estimate of drug-likeness (QED) is 0.433. The number of benzene rings is 2. The molecule has 0 radical (unpaired) electrons. The zero-order valence-electron chi connectivity index (χ0n) is 19.4. The molecule has 0 aliphatic heterocycles. The van der Waals surface area contributed by atoms with Crippen molar-refractivity contribution in [1.82, 2.24) is 15.1 Å². The zero-order valence-corrected chi connectivity index (χ0v) is 19.4. The van der Waals surface area contributed by atoms with E-state index in [0.29, 0.717) is 24.7 Å². The molecule has 1 heterocycles. The standard InChI is InChI=1S/C25H31N5O2/c1-6-32-22-12-10-21(11-13-22)27-25(28-24(31)20-9-7-8-17(2)16-20)26-15-14-23-18(3)29-30(5)19(23)4/h7-13,16H,6,14-15H2,1-5H3,(H2,26,27,28,31). The van der Waals surface area contributed by atoms with Crippen molar-refractivity contribution in [1.29, 1.82) is 0 Å². The maximum atomic E-state index is 12.8. The van der Waals surface area contributed by atoms with Crippen molar-refractivity contribution in [3.05, 3.63) is 76.6 Å². The van der Waals surface area contributed by atoms with Gasteiger partial charge in [0.05, 0.1) is 12.3 Å². The summed E-state index contributed by atoms with van der Waals surface area (Å²) in [6.07, 6.45) is 0.736. The predicted octanol–water partition coefficient (Wildman–Crippen LogP) is 4.18. The van der Waals surface area contributed by atoms with Crippen LogP contribution in [0.4, 0.5) is 5.69 Å². The van der Waals surface area contributed by atoms with Crippen LogP contribution in [0.1, 0.15) is 39.8 Å². The number of hydrogen-bond acceptors (Lipinski definition) is 4. The molecule has 1 aromatic heterocycles. The lowest BCUT2D eigenvalue weighted by atomic mass is 10.1. The average Bonchev–Trinajstić information content (AvgIpc) is 3.01. The number of guanidine groups is 1. The molecule has 0 bridgehead atoms. The van der Waals surface area contributed by atoms with Gasteiger partial charge in [0.2, 0.25) is 5.96 Å². The normalized spacial score (nSPS) is 11.3. The fourth-order valence-corrected chi connectivity index (χ4v) is 3.47. The minimum Gasteiger partial charge on any atom is -0.494 e. The van der Waals surface area contributed by atoms with Gasteiger partial charge in [-0.15, -0.1) is 0 Å². The lowest BCUT2D eigenvalue weighted by molar-refractivity contribution is 0.0977. The summed E-state index contributed by atoms with van der Waals surface area (Å²) < 4.78 is 7.38. The maximum Gasteiger partial charge on any atom is 0.257 e. The number of hydrogen-bond donors (Lipinski definition) is 2. The first-order chi connectivity index (χ1) is 15.4. The second-order valence-corrected chi connectivity index (χ2v) is 7.66. The number of nitrogens with zero attached hydrogens (tertiary/aromatic N) is 3. The molecule has 0 unspecified atom stereocenters. The van der Waals surface area contributed by atoms with Crippen LogP contribution in [0.25, 0.3) is 0 Å². The molecule has 0 saturated carbocycles. The summed E-state index contributed by atoms with van der Waals surface area (Å²) in [5.41, 5.74) is 5.74. The molecular weight excluding hydrogens is 402 g/mol. The first kappa shape index (κ1) is 23.1. The Morgan fingerprint density at radius 2 is 1.88 bits per heavy atom. The number of carbonyl (C=O) groups is 1. The lowest BCUT2D eigenvalue weighted by Gasteiger charge is -2.13.